The Morgan fingerprint density at radius 3 is 2.10 bits per heavy atom. The Balaban J connectivity index is 3.27. The molecule has 20 heavy (non-hydrogen) atoms. The van der Waals surface area contributed by atoms with Crippen LogP contribution in [0, 0.1) is 11.8 Å². The number of nitrogen functional groups attached to an aromatic ring is 1. The Morgan fingerprint density at radius 2 is 1.70 bits per heavy atom. The lowest BCUT2D eigenvalue weighted by molar-refractivity contribution is 0.0944. The van der Waals surface area contributed by atoms with E-state index in [2.05, 4.69) is 19.2 Å². The number of hydrogen-bond acceptors (Lipinski definition) is 5. The zero-order valence-corrected chi connectivity index (χ0v) is 13.4. The quantitative estimate of drug-likeness (QED) is 0.703. The molecule has 0 fully saturated rings. The molecule has 1 unspecified atom stereocenters. The van der Waals surface area contributed by atoms with E-state index in [0.29, 0.717) is 15.8 Å². The molecule has 0 aliphatic rings. The minimum Gasteiger partial charge on any atom is -0.397 e. The van der Waals surface area contributed by atoms with Gasteiger partial charge in [0.05, 0.1) is 16.1 Å². The van der Waals surface area contributed by atoms with Crippen molar-refractivity contribution in [2.24, 2.45) is 17.6 Å². The van der Waals surface area contributed by atoms with Crippen LogP contribution in [0.15, 0.2) is 0 Å². The number of rotatable bonds is 6. The van der Waals surface area contributed by atoms with Gasteiger partial charge in [0.1, 0.15) is 5.00 Å². The van der Waals surface area contributed by atoms with Crippen molar-refractivity contribution in [2.75, 3.05) is 11.1 Å². The van der Waals surface area contributed by atoms with E-state index in [9.17, 15) is 9.59 Å². The minimum atomic E-state index is -0.611. The van der Waals surface area contributed by atoms with Crippen molar-refractivity contribution in [3.8, 4) is 0 Å². The summed E-state index contributed by atoms with van der Waals surface area (Å²) < 4.78 is 0. The summed E-state index contributed by atoms with van der Waals surface area (Å²) in [5.74, 6) is -0.476. The maximum absolute atomic E-state index is 12.1. The fraction of sp³-hybridized carbons (Fsp3) is 0.571. The van der Waals surface area contributed by atoms with E-state index in [4.69, 9.17) is 11.5 Å². The Hall–Kier alpha value is -1.56. The van der Waals surface area contributed by atoms with Gasteiger partial charge in [0.2, 0.25) is 0 Å². The standard InChI is InChI=1S/C14H23N3O2S/c1-6(2)8(5)17-14-9(13(16)19)10(15)12(20-14)11(18)7(3)4/h6-8,17H,15H2,1-5H3,(H2,16,19). The highest BCUT2D eigenvalue weighted by Crippen LogP contribution is 2.37. The fourth-order valence-electron chi connectivity index (χ4n) is 1.61. The third kappa shape index (κ3) is 3.30. The number of anilines is 2. The van der Waals surface area contributed by atoms with Crippen molar-refractivity contribution in [3.63, 3.8) is 0 Å². The predicted octanol–water partition coefficient (Wildman–Crippen LogP) is 2.72. The molecule has 0 bridgehead atoms. The molecule has 1 heterocycles. The Kier molecular flexibility index (Phi) is 5.16. The first kappa shape index (κ1) is 16.5. The summed E-state index contributed by atoms with van der Waals surface area (Å²) in [6.07, 6.45) is 0. The van der Waals surface area contributed by atoms with Gasteiger partial charge in [0.15, 0.2) is 5.78 Å². The molecule has 0 saturated heterocycles. The average molecular weight is 297 g/mol. The number of Topliss-reactive ketones (excluding diaryl/α,β-unsaturated/α-hetero) is 1. The van der Waals surface area contributed by atoms with Gasteiger partial charge < -0.3 is 16.8 Å². The molecule has 1 rings (SSSR count). The number of primary amides is 1. The predicted molar refractivity (Wildman–Crippen MR) is 84.3 cm³/mol. The summed E-state index contributed by atoms with van der Waals surface area (Å²) in [6.45, 7) is 9.75. The molecule has 112 valence electrons. The van der Waals surface area contributed by atoms with E-state index in [-0.39, 0.29) is 29.0 Å². The van der Waals surface area contributed by atoms with Crippen LogP contribution >= 0.6 is 11.3 Å². The number of nitrogens with two attached hydrogens (primary N) is 2. The number of amides is 1. The van der Waals surface area contributed by atoms with E-state index in [0.717, 1.165) is 0 Å². The monoisotopic (exact) mass is 297 g/mol. The molecule has 0 radical (unpaired) electrons. The molecular formula is C14H23N3O2S. The zero-order valence-electron chi connectivity index (χ0n) is 12.6. The van der Waals surface area contributed by atoms with Crippen molar-refractivity contribution in [3.05, 3.63) is 10.4 Å². The van der Waals surface area contributed by atoms with Crippen LogP contribution in [0.5, 0.6) is 0 Å². The minimum absolute atomic E-state index is 0.0692. The summed E-state index contributed by atoms with van der Waals surface area (Å²) in [7, 11) is 0. The van der Waals surface area contributed by atoms with Crippen molar-refractivity contribution in [1.29, 1.82) is 0 Å². The van der Waals surface area contributed by atoms with E-state index in [1.165, 1.54) is 11.3 Å². The fourth-order valence-corrected chi connectivity index (χ4v) is 2.92. The third-order valence-electron chi connectivity index (χ3n) is 3.30. The molecule has 0 spiro atoms. The second kappa shape index (κ2) is 6.26. The van der Waals surface area contributed by atoms with E-state index in [1.54, 1.807) is 13.8 Å². The van der Waals surface area contributed by atoms with Crippen LogP contribution in [0.2, 0.25) is 0 Å². The number of ketones is 1. The van der Waals surface area contributed by atoms with Gasteiger partial charge in [-0.3, -0.25) is 9.59 Å². The molecule has 1 amide bonds. The van der Waals surface area contributed by atoms with Crippen LogP contribution in [0.4, 0.5) is 10.7 Å². The second-order valence-electron chi connectivity index (χ2n) is 5.61. The first-order chi connectivity index (χ1) is 9.16. The van der Waals surface area contributed by atoms with E-state index < -0.39 is 5.91 Å². The van der Waals surface area contributed by atoms with E-state index >= 15 is 0 Å². The van der Waals surface area contributed by atoms with Gasteiger partial charge in [-0.05, 0) is 12.8 Å². The van der Waals surface area contributed by atoms with Gasteiger partial charge in [-0.15, -0.1) is 11.3 Å². The van der Waals surface area contributed by atoms with Gasteiger partial charge in [0, 0.05) is 12.0 Å². The highest BCUT2D eigenvalue weighted by Gasteiger charge is 2.26. The summed E-state index contributed by atoms with van der Waals surface area (Å²) in [4.78, 5) is 24.1. The van der Waals surface area contributed by atoms with Gasteiger partial charge in [-0.2, -0.15) is 0 Å². The first-order valence-corrected chi connectivity index (χ1v) is 7.51. The zero-order chi connectivity index (χ0) is 15.6. The third-order valence-corrected chi connectivity index (χ3v) is 4.45. The summed E-state index contributed by atoms with van der Waals surface area (Å²) in [6, 6.07) is 0.146. The lowest BCUT2D eigenvalue weighted by Gasteiger charge is -2.18. The second-order valence-corrected chi connectivity index (χ2v) is 6.63. The molecule has 0 saturated carbocycles. The lowest BCUT2D eigenvalue weighted by atomic mass is 10.0. The van der Waals surface area contributed by atoms with Crippen LogP contribution < -0.4 is 16.8 Å². The molecular weight excluding hydrogens is 274 g/mol. The van der Waals surface area contributed by atoms with Crippen LogP contribution in [0.25, 0.3) is 0 Å². The van der Waals surface area contributed by atoms with Crippen LogP contribution in [0.3, 0.4) is 0 Å². The van der Waals surface area contributed by atoms with Gasteiger partial charge in [-0.25, -0.2) is 0 Å². The molecule has 0 aromatic carbocycles. The smallest absolute Gasteiger partial charge is 0.253 e. The highest BCUT2D eigenvalue weighted by molar-refractivity contribution is 7.19. The number of hydrogen-bond donors (Lipinski definition) is 3. The number of carbonyl (C=O) groups is 2. The summed E-state index contributed by atoms with van der Waals surface area (Å²) >= 11 is 1.21. The molecule has 0 aliphatic heterocycles. The van der Waals surface area contributed by atoms with Crippen LogP contribution in [-0.4, -0.2) is 17.7 Å². The van der Waals surface area contributed by atoms with Crippen LogP contribution in [0.1, 0.15) is 54.6 Å². The van der Waals surface area contributed by atoms with Crippen molar-refractivity contribution >= 4 is 33.7 Å². The largest absolute Gasteiger partial charge is 0.397 e. The van der Waals surface area contributed by atoms with Gasteiger partial charge >= 0.3 is 0 Å². The Morgan fingerprint density at radius 1 is 1.15 bits per heavy atom. The highest BCUT2D eigenvalue weighted by atomic mass is 32.1. The lowest BCUT2D eigenvalue weighted by Crippen LogP contribution is -2.23. The van der Waals surface area contributed by atoms with Crippen molar-refractivity contribution in [2.45, 2.75) is 40.7 Å². The Bertz CT molecular complexity index is 521. The first-order valence-electron chi connectivity index (χ1n) is 6.69. The van der Waals surface area contributed by atoms with Gasteiger partial charge in [-0.1, -0.05) is 27.7 Å². The molecule has 1 atom stereocenters. The van der Waals surface area contributed by atoms with Crippen molar-refractivity contribution < 1.29 is 9.59 Å². The SMILES string of the molecule is CC(C)C(=O)c1sc(NC(C)C(C)C)c(C(N)=O)c1N. The topological polar surface area (TPSA) is 98.2 Å². The summed E-state index contributed by atoms with van der Waals surface area (Å²) in [5.41, 5.74) is 11.8. The molecule has 1 aromatic rings. The molecule has 0 aliphatic carbocycles. The summed E-state index contributed by atoms with van der Waals surface area (Å²) in [5, 5.41) is 3.82. The van der Waals surface area contributed by atoms with Gasteiger partial charge in [0.25, 0.3) is 5.91 Å². The maximum atomic E-state index is 12.1. The maximum Gasteiger partial charge on any atom is 0.253 e. The Labute approximate surface area is 123 Å². The van der Waals surface area contributed by atoms with Crippen LogP contribution in [-0.2, 0) is 0 Å². The molecule has 1 aromatic heterocycles. The molecule has 5 N–H and O–H groups in total. The average Bonchev–Trinajstić information content (AvgIpc) is 2.64. The number of nitrogens with one attached hydrogen (secondary N) is 1. The van der Waals surface area contributed by atoms with E-state index in [1.807, 2.05) is 6.92 Å². The normalized spacial score (nSPS) is 12.8. The number of thiophene rings is 1. The molecule has 6 heteroatoms. The number of carbonyl (C=O) groups excluding carboxylic acids is 2. The van der Waals surface area contributed by atoms with Crippen molar-refractivity contribution in [1.82, 2.24) is 0 Å². The molecule has 5 nitrogen and oxygen atoms in total.